The molecule has 2 unspecified atom stereocenters. The van der Waals surface area contributed by atoms with E-state index in [0.29, 0.717) is 30.7 Å². The molecule has 5 amide bonds. The molecule has 14 nitrogen and oxygen atoms in total. The number of imide groups is 1. The number of thioether (sulfide) groups is 1. The third-order valence-corrected chi connectivity index (χ3v) is 12.0. The molecule has 4 rings (SSSR count). The van der Waals surface area contributed by atoms with Crippen LogP contribution in [0.25, 0.3) is 0 Å². The highest BCUT2D eigenvalue weighted by molar-refractivity contribution is 8.01. The maximum atomic E-state index is 12.4. The van der Waals surface area contributed by atoms with E-state index in [1.54, 1.807) is 47.0 Å². The molecular formula is C61H106N8O6S. The van der Waals surface area contributed by atoms with Gasteiger partial charge in [-0.3, -0.25) is 19.7 Å². The van der Waals surface area contributed by atoms with Gasteiger partial charge in [0, 0.05) is 36.5 Å². The number of hydrogen-bond acceptors (Lipinski definition) is 11. The fourth-order valence-electron chi connectivity index (χ4n) is 6.75. The molecule has 1 fully saturated rings. The molecule has 432 valence electrons. The van der Waals surface area contributed by atoms with E-state index in [9.17, 15) is 29.1 Å². The van der Waals surface area contributed by atoms with Crippen LogP contribution in [0.1, 0.15) is 162 Å². The van der Waals surface area contributed by atoms with Crippen molar-refractivity contribution in [3.63, 3.8) is 0 Å². The smallest absolute Gasteiger partial charge is 0.325 e. The first-order valence-corrected chi connectivity index (χ1v) is 27.7. The molecule has 2 atom stereocenters. The molecule has 1 heterocycles. The Labute approximate surface area is 466 Å². The van der Waals surface area contributed by atoms with Crippen molar-refractivity contribution in [2.45, 2.75) is 170 Å². The van der Waals surface area contributed by atoms with E-state index in [4.69, 9.17) is 0 Å². The summed E-state index contributed by atoms with van der Waals surface area (Å²) >= 11 is 1.68. The SMILES string of the molecule is C.C=C(CCC=O)NCCCCCNC=O.C=CN.C=CN.CC.CC.CC1SC(C)(C)CN1C(=O)NC(=O)C(NC=O)c1ccccc1.CCCC.Cc1c(O)cccc1CCCN(C)CCCCc1ccccc1. The summed E-state index contributed by atoms with van der Waals surface area (Å²) in [5.74, 6) is -0.132. The number of nitrogens with two attached hydrogens (primary N) is 2. The number of carbonyl (C=O) groups excluding carboxylic acids is 5. The molecular weight excluding hydrogens is 973 g/mol. The van der Waals surface area contributed by atoms with Crippen LogP contribution in [0.2, 0.25) is 0 Å². The third kappa shape index (κ3) is 43.2. The lowest BCUT2D eigenvalue weighted by Gasteiger charge is -2.23. The summed E-state index contributed by atoms with van der Waals surface area (Å²) in [6.07, 6.45) is 17.5. The molecule has 0 bridgehead atoms. The van der Waals surface area contributed by atoms with E-state index in [2.05, 4.69) is 129 Å². The number of nitrogens with zero attached hydrogens (tertiary/aromatic N) is 2. The average molecular weight is 1080 g/mol. The van der Waals surface area contributed by atoms with Gasteiger partial charge in [-0.2, -0.15) is 0 Å². The van der Waals surface area contributed by atoms with E-state index in [1.807, 2.05) is 53.7 Å². The molecule has 1 aliphatic rings. The second kappa shape index (κ2) is 55.2. The molecule has 9 N–H and O–H groups in total. The number of nitrogens with one attached hydrogen (secondary N) is 4. The van der Waals surface area contributed by atoms with Gasteiger partial charge in [-0.25, -0.2) is 4.79 Å². The van der Waals surface area contributed by atoms with E-state index in [1.165, 1.54) is 55.6 Å². The molecule has 3 aromatic carbocycles. The number of urea groups is 1. The van der Waals surface area contributed by atoms with Crippen LogP contribution >= 0.6 is 11.8 Å². The van der Waals surface area contributed by atoms with Crippen molar-refractivity contribution in [3.05, 3.63) is 139 Å². The predicted molar refractivity (Wildman–Crippen MR) is 327 cm³/mol. The number of aldehydes is 1. The predicted octanol–water partition coefficient (Wildman–Crippen LogP) is 12.1. The van der Waals surface area contributed by atoms with Crippen molar-refractivity contribution in [3.8, 4) is 5.75 Å². The van der Waals surface area contributed by atoms with E-state index >= 15 is 0 Å². The number of amides is 5. The lowest BCUT2D eigenvalue weighted by atomic mass is 10.0. The topological polar surface area (TPSA) is 212 Å². The van der Waals surface area contributed by atoms with Crippen LogP contribution in [0, 0.1) is 6.92 Å². The molecule has 0 aromatic heterocycles. The normalized spacial score (nSPS) is 12.3. The lowest BCUT2D eigenvalue weighted by Crippen LogP contribution is -2.48. The summed E-state index contributed by atoms with van der Waals surface area (Å²) in [5, 5.41) is 20.4. The number of benzene rings is 3. The third-order valence-electron chi connectivity index (χ3n) is 10.6. The minimum atomic E-state index is -0.892. The Balaban J connectivity index is -0.000000298. The van der Waals surface area contributed by atoms with Gasteiger partial charge in [0.2, 0.25) is 12.8 Å². The summed E-state index contributed by atoms with van der Waals surface area (Å²) in [6.45, 7) is 35.0. The fourth-order valence-corrected chi connectivity index (χ4v) is 8.18. The zero-order valence-electron chi connectivity index (χ0n) is 48.1. The van der Waals surface area contributed by atoms with Gasteiger partial charge in [-0.1, -0.05) is 154 Å². The van der Waals surface area contributed by atoms with E-state index in [0.717, 1.165) is 88.7 Å². The molecule has 76 heavy (non-hydrogen) atoms. The van der Waals surface area contributed by atoms with Gasteiger partial charge >= 0.3 is 6.03 Å². The highest BCUT2D eigenvalue weighted by atomic mass is 32.2. The number of phenolic OH excluding ortho intramolecular Hbond substituents is 1. The van der Waals surface area contributed by atoms with Crippen LogP contribution in [0.3, 0.4) is 0 Å². The molecule has 0 aliphatic carbocycles. The number of rotatable bonds is 25. The minimum Gasteiger partial charge on any atom is -0.508 e. The Bertz CT molecular complexity index is 1880. The first-order valence-electron chi connectivity index (χ1n) is 26.8. The van der Waals surface area contributed by atoms with E-state index < -0.39 is 18.0 Å². The van der Waals surface area contributed by atoms with Gasteiger partial charge in [0.1, 0.15) is 18.1 Å². The van der Waals surface area contributed by atoms with Crippen LogP contribution in [0.15, 0.2) is 117 Å². The largest absolute Gasteiger partial charge is 0.508 e. The van der Waals surface area contributed by atoms with Gasteiger partial charge in [-0.15, -0.1) is 11.8 Å². The fraction of sp³-hybridized carbons (Fsp3) is 0.525. The van der Waals surface area contributed by atoms with Crippen LogP contribution in [0.4, 0.5) is 4.79 Å². The highest BCUT2D eigenvalue weighted by Crippen LogP contribution is 2.38. The zero-order chi connectivity index (χ0) is 57.7. The molecule has 1 saturated heterocycles. The van der Waals surface area contributed by atoms with Gasteiger partial charge in [0.15, 0.2) is 0 Å². The molecule has 0 spiro atoms. The first-order chi connectivity index (χ1) is 36.1. The molecule has 3 aromatic rings. The number of aryl methyl sites for hydroxylation is 2. The quantitative estimate of drug-likeness (QED) is 0.0313. The summed E-state index contributed by atoms with van der Waals surface area (Å²) in [7, 11) is 2.21. The number of phenols is 1. The van der Waals surface area contributed by atoms with Crippen molar-refractivity contribution in [2.24, 2.45) is 11.5 Å². The Morgan fingerprint density at radius 1 is 0.816 bits per heavy atom. The van der Waals surface area contributed by atoms with Crippen molar-refractivity contribution >= 4 is 42.8 Å². The Morgan fingerprint density at radius 3 is 1.88 bits per heavy atom. The molecule has 1 aliphatic heterocycles. The molecule has 0 saturated carbocycles. The molecule has 15 heteroatoms. The summed E-state index contributed by atoms with van der Waals surface area (Å²) < 4.78 is -0.0420. The summed E-state index contributed by atoms with van der Waals surface area (Å²) in [5.41, 5.74) is 14.5. The number of allylic oxidation sites excluding steroid dienone is 1. The monoisotopic (exact) mass is 1080 g/mol. The van der Waals surface area contributed by atoms with Crippen LogP contribution < -0.4 is 32.7 Å². The highest BCUT2D eigenvalue weighted by Gasteiger charge is 2.39. The second-order valence-electron chi connectivity index (χ2n) is 17.3. The Kier molecular flexibility index (Phi) is 57.2. The molecule has 0 radical (unpaired) electrons. The van der Waals surface area contributed by atoms with Crippen molar-refractivity contribution < 1.29 is 29.1 Å². The number of unbranched alkanes of at least 4 members (excludes halogenated alkanes) is 4. The van der Waals surface area contributed by atoms with Gasteiger partial charge in [0.05, 0.1) is 5.37 Å². The summed E-state index contributed by atoms with van der Waals surface area (Å²) in [4.78, 5) is 59.6. The maximum absolute atomic E-state index is 12.4. The minimum absolute atomic E-state index is 0. The zero-order valence-corrected chi connectivity index (χ0v) is 49.0. The standard InChI is InChI=1S/C21H29NO.C16H21N3O3S.C11H20N2O2.C4H10.2C2H5N.2C2H6.CH4/c1-18-20(13-8-15-21(18)23)14-9-17-22(2)16-7-6-12-19-10-4-3-5-11-19;1-11-19(9-16(2,3)23-11)15(22)18-14(21)13(17-10-20)12-7-5-4-6-8-12;1-11(6-5-9-14)13-8-4-2-3-7-12-10-15;1-3-4-2;2*1-2-3;2*1-2;/h3-5,8,10-11,13,15,23H,6-7,9,12,14,16-17H2,1-2H3;4-8,10-11,13H,9H2,1-3H3,(H,17,20)(H,18,21,22);9-10,13H,1-8H2,(H,12,15);3-4H2,1-2H3;2*2H,1,3H2;2*1-2H3;1H4. The van der Waals surface area contributed by atoms with Crippen LogP contribution in [0.5, 0.6) is 5.75 Å². The second-order valence-corrected chi connectivity index (χ2v) is 19.3. The van der Waals surface area contributed by atoms with E-state index in [-0.39, 0.29) is 17.5 Å². The maximum Gasteiger partial charge on any atom is 0.325 e. The van der Waals surface area contributed by atoms with Gasteiger partial charge < -0.3 is 47.1 Å². The van der Waals surface area contributed by atoms with Crippen molar-refractivity contribution in [2.75, 3.05) is 39.8 Å². The lowest BCUT2D eigenvalue weighted by molar-refractivity contribution is -0.124. The Hall–Kier alpha value is -6.06. The number of aromatic hydroxyl groups is 1. The van der Waals surface area contributed by atoms with Crippen molar-refractivity contribution in [1.29, 1.82) is 0 Å². The first kappa shape index (κ1) is 78.8. The van der Waals surface area contributed by atoms with Crippen LogP contribution in [-0.4, -0.2) is 95.8 Å². The summed E-state index contributed by atoms with van der Waals surface area (Å²) in [6, 6.07) is 24.0. The van der Waals surface area contributed by atoms with Gasteiger partial charge in [0.25, 0.3) is 5.91 Å². The number of carbonyl (C=O) groups is 5. The van der Waals surface area contributed by atoms with Crippen LogP contribution in [-0.2, 0) is 32.0 Å². The number of hydrogen-bond donors (Lipinski definition) is 7. The average Bonchev–Trinajstić information content (AvgIpc) is 3.71. The van der Waals surface area contributed by atoms with Gasteiger partial charge in [-0.05, 0) is 146 Å². The van der Waals surface area contributed by atoms with Crippen molar-refractivity contribution in [1.82, 2.24) is 31.1 Å². The Morgan fingerprint density at radius 2 is 1.37 bits per heavy atom.